The molecular formula is C22H17Cl2FN2O5S. The Morgan fingerprint density at radius 3 is 2.55 bits per heavy atom. The number of nitrogens with zero attached hydrogens (tertiary/aromatic N) is 1. The topological polar surface area (TPSA) is 102 Å². The van der Waals surface area contributed by atoms with Crippen LogP contribution in [0.15, 0.2) is 53.6 Å². The molecule has 0 saturated heterocycles. The van der Waals surface area contributed by atoms with Crippen molar-refractivity contribution in [1.82, 2.24) is 4.98 Å². The molecule has 172 valence electrons. The van der Waals surface area contributed by atoms with Gasteiger partial charge in [-0.2, -0.15) is 0 Å². The lowest BCUT2D eigenvalue weighted by molar-refractivity contribution is 0.0522. The van der Waals surface area contributed by atoms with Crippen LogP contribution in [0.1, 0.15) is 38.9 Å². The van der Waals surface area contributed by atoms with Gasteiger partial charge in [-0.3, -0.25) is 9.52 Å². The molecule has 0 unspecified atom stereocenters. The monoisotopic (exact) mass is 510 g/mol. The molecule has 0 aliphatic carbocycles. The number of ketones is 1. The zero-order valence-corrected chi connectivity index (χ0v) is 19.7. The van der Waals surface area contributed by atoms with Crippen molar-refractivity contribution in [3.05, 3.63) is 86.9 Å². The lowest BCUT2D eigenvalue weighted by Gasteiger charge is -2.14. The smallest absolute Gasteiger partial charge is 0.338 e. The Labute approximate surface area is 199 Å². The molecule has 0 aliphatic heterocycles. The molecule has 0 saturated carbocycles. The number of halogens is 3. The first-order chi connectivity index (χ1) is 15.5. The highest BCUT2D eigenvalue weighted by molar-refractivity contribution is 7.92. The molecule has 0 aliphatic rings. The second kappa shape index (κ2) is 9.86. The number of benzene rings is 2. The number of aromatic nitrogens is 1. The fraction of sp³-hybridized carbons (Fsp3) is 0.136. The molecule has 7 nitrogen and oxygen atoms in total. The molecule has 33 heavy (non-hydrogen) atoms. The van der Waals surface area contributed by atoms with Crippen LogP contribution in [0.5, 0.6) is 0 Å². The molecule has 1 aromatic heterocycles. The van der Waals surface area contributed by atoms with Crippen molar-refractivity contribution in [1.29, 1.82) is 0 Å². The Bertz CT molecular complexity index is 1360. The Kier molecular flexibility index (Phi) is 7.36. The van der Waals surface area contributed by atoms with E-state index in [1.165, 1.54) is 30.3 Å². The number of pyridine rings is 1. The molecule has 0 fully saturated rings. The van der Waals surface area contributed by atoms with Crippen LogP contribution in [0.2, 0.25) is 10.0 Å². The minimum Gasteiger partial charge on any atom is -0.462 e. The zero-order chi connectivity index (χ0) is 24.3. The second-order valence-corrected chi connectivity index (χ2v) is 9.30. The van der Waals surface area contributed by atoms with Crippen LogP contribution >= 0.6 is 23.2 Å². The summed E-state index contributed by atoms with van der Waals surface area (Å²) in [5, 5.41) is 0.399. The first-order valence-electron chi connectivity index (χ1n) is 9.50. The Balaban J connectivity index is 2.10. The summed E-state index contributed by atoms with van der Waals surface area (Å²) in [7, 11) is -4.20. The van der Waals surface area contributed by atoms with Crippen LogP contribution in [-0.2, 0) is 14.8 Å². The van der Waals surface area contributed by atoms with E-state index in [1.54, 1.807) is 13.8 Å². The number of rotatable bonds is 7. The van der Waals surface area contributed by atoms with Crippen LogP contribution < -0.4 is 4.72 Å². The average Bonchev–Trinajstić information content (AvgIpc) is 2.75. The molecular weight excluding hydrogens is 494 g/mol. The van der Waals surface area contributed by atoms with Crippen molar-refractivity contribution in [3.8, 4) is 0 Å². The maximum absolute atomic E-state index is 14.6. The number of hydrogen-bond donors (Lipinski definition) is 1. The minimum absolute atomic E-state index is 0.00767. The van der Waals surface area contributed by atoms with Gasteiger partial charge >= 0.3 is 5.97 Å². The van der Waals surface area contributed by atoms with Gasteiger partial charge in [0, 0.05) is 11.2 Å². The summed E-state index contributed by atoms with van der Waals surface area (Å²) >= 11 is 11.9. The maximum atomic E-state index is 14.6. The van der Waals surface area contributed by atoms with Gasteiger partial charge in [0.15, 0.2) is 0 Å². The van der Waals surface area contributed by atoms with Crippen molar-refractivity contribution in [3.63, 3.8) is 0 Å². The number of anilines is 1. The summed E-state index contributed by atoms with van der Waals surface area (Å²) in [5.41, 5.74) is -1.15. The van der Waals surface area contributed by atoms with Gasteiger partial charge in [0.1, 0.15) is 11.5 Å². The summed E-state index contributed by atoms with van der Waals surface area (Å²) in [6.45, 7) is 3.20. The van der Waals surface area contributed by atoms with Crippen molar-refractivity contribution in [2.75, 3.05) is 11.3 Å². The number of nitrogens with one attached hydrogen (secondary N) is 1. The van der Waals surface area contributed by atoms with Gasteiger partial charge in [0.05, 0.1) is 33.3 Å². The van der Waals surface area contributed by atoms with E-state index >= 15 is 0 Å². The molecule has 0 bridgehead atoms. The first kappa shape index (κ1) is 24.6. The quantitative estimate of drug-likeness (QED) is 0.352. The summed E-state index contributed by atoms with van der Waals surface area (Å²) in [6, 6.07) is 8.68. The fourth-order valence-electron chi connectivity index (χ4n) is 2.94. The second-order valence-electron chi connectivity index (χ2n) is 6.78. The SMILES string of the molecule is CCOC(=O)c1cccc(F)c1C(=O)c1ncc(Cl)cc1NS(=O)(=O)c1ccc(Cl)c(C)c1. The predicted molar refractivity (Wildman–Crippen MR) is 122 cm³/mol. The van der Waals surface area contributed by atoms with Crippen molar-refractivity contribution in [2.45, 2.75) is 18.7 Å². The van der Waals surface area contributed by atoms with E-state index < -0.39 is 38.9 Å². The number of esters is 1. The Morgan fingerprint density at radius 1 is 1.15 bits per heavy atom. The van der Waals surface area contributed by atoms with E-state index in [4.69, 9.17) is 27.9 Å². The highest BCUT2D eigenvalue weighted by Crippen LogP contribution is 2.28. The first-order valence-corrected chi connectivity index (χ1v) is 11.7. The van der Waals surface area contributed by atoms with Gasteiger partial charge < -0.3 is 4.74 Å². The van der Waals surface area contributed by atoms with Crippen LogP contribution in [0.25, 0.3) is 0 Å². The Morgan fingerprint density at radius 2 is 1.88 bits per heavy atom. The minimum atomic E-state index is -4.20. The standard InChI is InChI=1S/C22H17Cl2FN2O5S/c1-3-32-22(29)15-5-4-6-17(25)19(15)21(28)20-18(10-13(23)11-26-20)27-33(30,31)14-7-8-16(24)12(2)9-14/h4-11,27H,3H2,1-2H3. The zero-order valence-electron chi connectivity index (χ0n) is 17.4. The molecule has 2 aromatic carbocycles. The fourth-order valence-corrected chi connectivity index (χ4v) is 4.36. The number of aryl methyl sites for hydroxylation is 1. The lowest BCUT2D eigenvalue weighted by Crippen LogP contribution is -2.19. The number of carbonyl (C=O) groups excluding carboxylic acids is 2. The molecule has 3 aromatic rings. The highest BCUT2D eigenvalue weighted by atomic mass is 35.5. The van der Waals surface area contributed by atoms with Crippen LogP contribution in [0.3, 0.4) is 0 Å². The Hall–Kier alpha value is -3.01. The third-order valence-corrected chi connectivity index (χ3v) is 6.48. The molecule has 11 heteroatoms. The average molecular weight is 511 g/mol. The van der Waals surface area contributed by atoms with Crippen molar-refractivity contribution >= 4 is 50.7 Å². The van der Waals surface area contributed by atoms with Crippen molar-refractivity contribution in [2.24, 2.45) is 0 Å². The molecule has 1 N–H and O–H groups in total. The molecule has 0 amide bonds. The van der Waals surface area contributed by atoms with Crippen molar-refractivity contribution < 1.29 is 27.1 Å². The molecule has 3 rings (SSSR count). The number of hydrogen-bond acceptors (Lipinski definition) is 6. The molecule has 0 radical (unpaired) electrons. The lowest BCUT2D eigenvalue weighted by atomic mass is 10.00. The molecule has 0 atom stereocenters. The van der Waals surface area contributed by atoms with Gasteiger partial charge in [0.25, 0.3) is 10.0 Å². The number of carbonyl (C=O) groups is 2. The van der Waals surface area contributed by atoms with Gasteiger partial charge in [-0.15, -0.1) is 0 Å². The third kappa shape index (κ3) is 5.32. The van der Waals surface area contributed by atoms with E-state index in [-0.39, 0.29) is 27.8 Å². The summed E-state index contributed by atoms with van der Waals surface area (Å²) < 4.78 is 47.7. The van der Waals surface area contributed by atoms with E-state index in [0.717, 1.165) is 18.3 Å². The van der Waals surface area contributed by atoms with E-state index in [0.29, 0.717) is 10.6 Å². The molecule has 1 heterocycles. The normalized spacial score (nSPS) is 11.2. The van der Waals surface area contributed by atoms with Gasteiger partial charge in [-0.25, -0.2) is 22.6 Å². The summed E-state index contributed by atoms with van der Waals surface area (Å²) in [6.07, 6.45) is 1.10. The van der Waals surface area contributed by atoms with Crippen LogP contribution in [0, 0.1) is 12.7 Å². The third-order valence-electron chi connectivity index (χ3n) is 4.49. The maximum Gasteiger partial charge on any atom is 0.338 e. The largest absolute Gasteiger partial charge is 0.462 e. The van der Waals surface area contributed by atoms with E-state index in [9.17, 15) is 22.4 Å². The van der Waals surface area contributed by atoms with E-state index in [1.807, 2.05) is 0 Å². The van der Waals surface area contributed by atoms with Crippen LogP contribution in [-0.4, -0.2) is 31.8 Å². The molecule has 0 spiro atoms. The van der Waals surface area contributed by atoms with Gasteiger partial charge in [-0.05, 0) is 55.8 Å². The summed E-state index contributed by atoms with van der Waals surface area (Å²) in [5.74, 6) is -2.93. The summed E-state index contributed by atoms with van der Waals surface area (Å²) in [4.78, 5) is 29.3. The van der Waals surface area contributed by atoms with Crippen LogP contribution in [0.4, 0.5) is 10.1 Å². The van der Waals surface area contributed by atoms with Gasteiger partial charge in [-0.1, -0.05) is 29.3 Å². The van der Waals surface area contributed by atoms with E-state index in [2.05, 4.69) is 9.71 Å². The van der Waals surface area contributed by atoms with Gasteiger partial charge in [0.2, 0.25) is 5.78 Å². The number of sulfonamides is 1. The highest BCUT2D eigenvalue weighted by Gasteiger charge is 2.28. The number of ether oxygens (including phenoxy) is 1. The predicted octanol–water partition coefficient (Wildman–Crippen LogP) is 5.04.